The lowest BCUT2D eigenvalue weighted by molar-refractivity contribution is 0.677. The topological polar surface area (TPSA) is 24.9 Å². The Labute approximate surface area is 98.0 Å². The molecule has 0 aliphatic rings. The van der Waals surface area contributed by atoms with E-state index in [-0.39, 0.29) is 0 Å². The van der Waals surface area contributed by atoms with Gasteiger partial charge in [0.2, 0.25) is 0 Å². The van der Waals surface area contributed by atoms with Crippen molar-refractivity contribution in [3.63, 3.8) is 0 Å². The number of aromatic nitrogens is 1. The highest BCUT2D eigenvalue weighted by Gasteiger charge is 1.94. The normalized spacial score (nSPS) is 10.4. The zero-order valence-corrected chi connectivity index (χ0v) is 10.7. The molecule has 1 aromatic heterocycles. The van der Waals surface area contributed by atoms with Crippen molar-refractivity contribution in [3.05, 3.63) is 28.5 Å². The third kappa shape index (κ3) is 4.98. The second kappa shape index (κ2) is 7.26. The van der Waals surface area contributed by atoms with Crippen LogP contribution in [0, 0.1) is 0 Å². The van der Waals surface area contributed by atoms with Crippen LogP contribution in [0.15, 0.2) is 22.9 Å². The number of hydrogen-bond acceptors (Lipinski definition) is 3. The van der Waals surface area contributed by atoms with E-state index < -0.39 is 0 Å². The van der Waals surface area contributed by atoms with Gasteiger partial charge in [-0.15, -0.1) is 0 Å². The van der Waals surface area contributed by atoms with E-state index in [1.807, 2.05) is 18.0 Å². The highest BCUT2D eigenvalue weighted by molar-refractivity contribution is 9.10. The molecule has 78 valence electrons. The Morgan fingerprint density at radius 2 is 2.36 bits per heavy atom. The third-order valence-corrected chi connectivity index (χ3v) is 2.92. The predicted octanol–water partition coefficient (Wildman–Crippen LogP) is 2.69. The van der Waals surface area contributed by atoms with Crippen molar-refractivity contribution in [1.82, 2.24) is 10.3 Å². The van der Waals surface area contributed by atoms with Gasteiger partial charge in [0.25, 0.3) is 0 Å². The summed E-state index contributed by atoms with van der Waals surface area (Å²) in [6.45, 7) is 1.98. The molecule has 0 aromatic carbocycles. The lowest BCUT2D eigenvalue weighted by atomic mass is 10.3. The standard InChI is InChI=1S/C10H15BrN2S/c1-14-4-2-3-12-6-9-5-10(11)8-13-7-9/h5,7-8,12H,2-4,6H2,1H3. The molecule has 14 heavy (non-hydrogen) atoms. The van der Waals surface area contributed by atoms with Crippen LogP contribution in [0.2, 0.25) is 0 Å². The van der Waals surface area contributed by atoms with Crippen LogP contribution < -0.4 is 5.32 Å². The van der Waals surface area contributed by atoms with E-state index in [0.29, 0.717) is 0 Å². The molecule has 1 heterocycles. The Morgan fingerprint density at radius 3 is 3.07 bits per heavy atom. The molecule has 0 radical (unpaired) electrons. The summed E-state index contributed by atoms with van der Waals surface area (Å²) in [5.41, 5.74) is 1.23. The number of nitrogens with zero attached hydrogens (tertiary/aromatic N) is 1. The molecule has 0 unspecified atom stereocenters. The molecule has 0 amide bonds. The average molecular weight is 275 g/mol. The zero-order valence-electron chi connectivity index (χ0n) is 8.29. The molecular formula is C10H15BrN2S. The van der Waals surface area contributed by atoms with Gasteiger partial charge in [-0.25, -0.2) is 0 Å². The van der Waals surface area contributed by atoms with Gasteiger partial charge < -0.3 is 5.32 Å². The van der Waals surface area contributed by atoms with Crippen LogP contribution in [0.3, 0.4) is 0 Å². The molecule has 4 heteroatoms. The molecule has 0 atom stereocenters. The summed E-state index contributed by atoms with van der Waals surface area (Å²) in [6.07, 6.45) is 7.06. The minimum Gasteiger partial charge on any atom is -0.313 e. The molecule has 0 saturated carbocycles. The number of rotatable bonds is 6. The van der Waals surface area contributed by atoms with Crippen molar-refractivity contribution in [2.75, 3.05) is 18.6 Å². The molecule has 0 spiro atoms. The number of halogens is 1. The second-order valence-corrected chi connectivity index (χ2v) is 4.94. The van der Waals surface area contributed by atoms with Crippen molar-refractivity contribution in [2.45, 2.75) is 13.0 Å². The van der Waals surface area contributed by atoms with E-state index in [1.54, 1.807) is 6.20 Å². The number of nitrogens with one attached hydrogen (secondary N) is 1. The lowest BCUT2D eigenvalue weighted by Crippen LogP contribution is -2.15. The SMILES string of the molecule is CSCCCNCc1cncc(Br)c1. The quantitative estimate of drug-likeness (QED) is 0.808. The third-order valence-electron chi connectivity index (χ3n) is 1.79. The summed E-state index contributed by atoms with van der Waals surface area (Å²) < 4.78 is 1.04. The second-order valence-electron chi connectivity index (χ2n) is 3.03. The van der Waals surface area contributed by atoms with E-state index in [1.165, 1.54) is 17.7 Å². The van der Waals surface area contributed by atoms with Crippen LogP contribution in [0.4, 0.5) is 0 Å². The summed E-state index contributed by atoms with van der Waals surface area (Å²) in [5.74, 6) is 1.23. The smallest absolute Gasteiger partial charge is 0.0410 e. The number of hydrogen-bond donors (Lipinski definition) is 1. The zero-order chi connectivity index (χ0) is 10.2. The van der Waals surface area contributed by atoms with Crippen LogP contribution >= 0.6 is 27.7 Å². The number of pyridine rings is 1. The molecular weight excluding hydrogens is 260 g/mol. The van der Waals surface area contributed by atoms with Gasteiger partial charge in [-0.3, -0.25) is 4.98 Å². The van der Waals surface area contributed by atoms with Crippen molar-refractivity contribution in [3.8, 4) is 0 Å². The fourth-order valence-electron chi connectivity index (χ4n) is 1.13. The molecule has 0 fully saturated rings. The van der Waals surface area contributed by atoms with E-state index in [4.69, 9.17) is 0 Å². The fourth-order valence-corrected chi connectivity index (χ4v) is 1.97. The van der Waals surface area contributed by atoms with E-state index in [2.05, 4.69) is 38.6 Å². The van der Waals surface area contributed by atoms with E-state index >= 15 is 0 Å². The fraction of sp³-hybridized carbons (Fsp3) is 0.500. The van der Waals surface area contributed by atoms with Gasteiger partial charge in [0, 0.05) is 23.4 Å². The van der Waals surface area contributed by atoms with Crippen molar-refractivity contribution in [2.24, 2.45) is 0 Å². The first-order valence-electron chi connectivity index (χ1n) is 4.62. The predicted molar refractivity (Wildman–Crippen MR) is 66.6 cm³/mol. The van der Waals surface area contributed by atoms with Crippen LogP contribution in [-0.4, -0.2) is 23.5 Å². The van der Waals surface area contributed by atoms with Gasteiger partial charge in [0.1, 0.15) is 0 Å². The summed E-state index contributed by atoms with van der Waals surface area (Å²) >= 11 is 5.29. The van der Waals surface area contributed by atoms with Gasteiger partial charge >= 0.3 is 0 Å². The minimum atomic E-state index is 0.904. The first kappa shape index (κ1) is 12.0. The van der Waals surface area contributed by atoms with Gasteiger partial charge in [-0.1, -0.05) is 0 Å². The molecule has 1 N–H and O–H groups in total. The Kier molecular flexibility index (Phi) is 6.23. The average Bonchev–Trinajstić information content (AvgIpc) is 2.18. The maximum Gasteiger partial charge on any atom is 0.0410 e. The monoisotopic (exact) mass is 274 g/mol. The van der Waals surface area contributed by atoms with E-state index in [9.17, 15) is 0 Å². The van der Waals surface area contributed by atoms with Gasteiger partial charge in [-0.2, -0.15) is 11.8 Å². The highest BCUT2D eigenvalue weighted by Crippen LogP contribution is 2.09. The molecule has 0 aliphatic heterocycles. The summed E-state index contributed by atoms with van der Waals surface area (Å²) in [7, 11) is 0. The molecule has 0 saturated heterocycles. The van der Waals surface area contributed by atoms with Crippen molar-refractivity contribution >= 4 is 27.7 Å². The maximum absolute atomic E-state index is 4.11. The van der Waals surface area contributed by atoms with Crippen LogP contribution in [0.5, 0.6) is 0 Å². The van der Waals surface area contributed by atoms with E-state index in [0.717, 1.165) is 17.6 Å². The van der Waals surface area contributed by atoms with Gasteiger partial charge in [-0.05, 0) is 52.5 Å². The maximum atomic E-state index is 4.11. The van der Waals surface area contributed by atoms with Gasteiger partial charge in [0.15, 0.2) is 0 Å². The lowest BCUT2D eigenvalue weighted by Gasteiger charge is -2.03. The largest absolute Gasteiger partial charge is 0.313 e. The molecule has 0 aliphatic carbocycles. The minimum absolute atomic E-state index is 0.904. The Bertz CT molecular complexity index is 268. The van der Waals surface area contributed by atoms with Crippen LogP contribution in [-0.2, 0) is 6.54 Å². The van der Waals surface area contributed by atoms with Crippen LogP contribution in [0.1, 0.15) is 12.0 Å². The first-order chi connectivity index (χ1) is 6.83. The highest BCUT2D eigenvalue weighted by atomic mass is 79.9. The van der Waals surface area contributed by atoms with Crippen LogP contribution in [0.25, 0.3) is 0 Å². The summed E-state index contributed by atoms with van der Waals surface area (Å²) in [6, 6.07) is 2.09. The Morgan fingerprint density at radius 1 is 1.50 bits per heavy atom. The van der Waals surface area contributed by atoms with Crippen molar-refractivity contribution in [1.29, 1.82) is 0 Å². The number of thioether (sulfide) groups is 1. The summed E-state index contributed by atoms with van der Waals surface area (Å²) in [5, 5.41) is 3.39. The first-order valence-corrected chi connectivity index (χ1v) is 6.80. The molecule has 1 aromatic rings. The Balaban J connectivity index is 2.18. The summed E-state index contributed by atoms with van der Waals surface area (Å²) in [4.78, 5) is 4.11. The van der Waals surface area contributed by atoms with Crippen molar-refractivity contribution < 1.29 is 0 Å². The molecule has 0 bridgehead atoms. The molecule has 2 nitrogen and oxygen atoms in total. The molecule has 1 rings (SSSR count). The Hall–Kier alpha value is -0.0600. The van der Waals surface area contributed by atoms with Gasteiger partial charge in [0.05, 0.1) is 0 Å².